The van der Waals surface area contributed by atoms with Crippen LogP contribution in [0.25, 0.3) is 0 Å². The van der Waals surface area contributed by atoms with Crippen LogP contribution in [0.2, 0.25) is 5.15 Å². The summed E-state index contributed by atoms with van der Waals surface area (Å²) in [5, 5.41) is 9.19. The maximum absolute atomic E-state index is 8.78. The van der Waals surface area contributed by atoms with Gasteiger partial charge < -0.3 is 10.8 Å². The number of aliphatic hydroxyl groups is 1. The minimum atomic E-state index is -0.371. The van der Waals surface area contributed by atoms with Crippen molar-refractivity contribution in [2.24, 2.45) is 5.73 Å². The highest BCUT2D eigenvalue weighted by Crippen LogP contribution is 2.15. The van der Waals surface area contributed by atoms with Gasteiger partial charge in [0, 0.05) is 5.69 Å². The second-order valence-corrected chi connectivity index (χ2v) is 3.04. The van der Waals surface area contributed by atoms with E-state index in [0.29, 0.717) is 5.15 Å². The van der Waals surface area contributed by atoms with Crippen molar-refractivity contribution in [3.63, 3.8) is 0 Å². The molecule has 12 heavy (non-hydrogen) atoms. The zero-order valence-corrected chi connectivity index (χ0v) is 7.54. The van der Waals surface area contributed by atoms with E-state index in [-0.39, 0.29) is 12.6 Å². The Balaban J connectivity index is 3.00. The Morgan fingerprint density at radius 2 is 2.33 bits per heavy atom. The van der Waals surface area contributed by atoms with Crippen LogP contribution in [0, 0.1) is 6.92 Å². The van der Waals surface area contributed by atoms with Gasteiger partial charge >= 0.3 is 0 Å². The normalized spacial score (nSPS) is 13.0. The number of nitrogens with two attached hydrogens (primary N) is 1. The van der Waals surface area contributed by atoms with E-state index < -0.39 is 0 Å². The molecule has 4 heteroatoms. The Morgan fingerprint density at radius 3 is 2.83 bits per heavy atom. The van der Waals surface area contributed by atoms with E-state index in [1.165, 1.54) is 0 Å². The van der Waals surface area contributed by atoms with E-state index in [4.69, 9.17) is 22.4 Å². The average molecular weight is 187 g/mol. The largest absolute Gasteiger partial charge is 0.394 e. The molecule has 0 aliphatic heterocycles. The molecule has 1 rings (SSSR count). The molecule has 3 nitrogen and oxygen atoms in total. The molecule has 1 heterocycles. The monoisotopic (exact) mass is 186 g/mol. The summed E-state index contributed by atoms with van der Waals surface area (Å²) < 4.78 is 0. The maximum Gasteiger partial charge on any atom is 0.129 e. The minimum Gasteiger partial charge on any atom is -0.394 e. The van der Waals surface area contributed by atoms with E-state index in [0.717, 1.165) is 11.3 Å². The molecule has 0 unspecified atom stereocenters. The number of rotatable bonds is 2. The number of aromatic nitrogens is 1. The Bertz CT molecular complexity index is 258. The third-order valence-corrected chi connectivity index (χ3v) is 1.76. The lowest BCUT2D eigenvalue weighted by atomic mass is 10.1. The van der Waals surface area contributed by atoms with Crippen LogP contribution in [0.1, 0.15) is 17.3 Å². The summed E-state index contributed by atoms with van der Waals surface area (Å²) in [5.74, 6) is 0. The first-order valence-electron chi connectivity index (χ1n) is 3.64. The van der Waals surface area contributed by atoms with Crippen LogP contribution >= 0.6 is 11.6 Å². The third kappa shape index (κ3) is 2.17. The van der Waals surface area contributed by atoms with Gasteiger partial charge in [-0.15, -0.1) is 0 Å². The zero-order valence-electron chi connectivity index (χ0n) is 6.79. The molecule has 0 radical (unpaired) electrons. The molecule has 1 atom stereocenters. The van der Waals surface area contributed by atoms with Crippen LogP contribution in [0.4, 0.5) is 0 Å². The quantitative estimate of drug-likeness (QED) is 0.679. The van der Waals surface area contributed by atoms with Crippen molar-refractivity contribution >= 4 is 11.6 Å². The average Bonchev–Trinajstić information content (AvgIpc) is 2.01. The van der Waals surface area contributed by atoms with Gasteiger partial charge in [0.25, 0.3) is 0 Å². The molecule has 0 amide bonds. The van der Waals surface area contributed by atoms with E-state index in [9.17, 15) is 0 Å². The third-order valence-electron chi connectivity index (χ3n) is 1.57. The highest BCUT2D eigenvalue weighted by atomic mass is 35.5. The molecule has 0 fully saturated rings. The fourth-order valence-electron chi connectivity index (χ4n) is 0.973. The summed E-state index contributed by atoms with van der Waals surface area (Å²) in [6.07, 6.45) is 0. The molecule has 0 aromatic carbocycles. The van der Waals surface area contributed by atoms with Crippen molar-refractivity contribution in [3.8, 4) is 0 Å². The predicted octanol–water partition coefficient (Wildman–Crippen LogP) is 1.04. The van der Waals surface area contributed by atoms with E-state index >= 15 is 0 Å². The summed E-state index contributed by atoms with van der Waals surface area (Å²) >= 11 is 5.70. The fourth-order valence-corrected chi connectivity index (χ4v) is 1.23. The van der Waals surface area contributed by atoms with Crippen molar-refractivity contribution in [3.05, 3.63) is 28.5 Å². The Kier molecular flexibility index (Phi) is 3.03. The van der Waals surface area contributed by atoms with Crippen molar-refractivity contribution in [1.82, 2.24) is 4.98 Å². The second kappa shape index (κ2) is 3.85. The first kappa shape index (κ1) is 9.45. The number of pyridine rings is 1. The smallest absolute Gasteiger partial charge is 0.129 e. The van der Waals surface area contributed by atoms with E-state index in [1.54, 1.807) is 6.07 Å². The van der Waals surface area contributed by atoms with Crippen LogP contribution < -0.4 is 5.73 Å². The van der Waals surface area contributed by atoms with Gasteiger partial charge in [0.05, 0.1) is 12.6 Å². The van der Waals surface area contributed by atoms with Gasteiger partial charge in [0.15, 0.2) is 0 Å². The highest BCUT2D eigenvalue weighted by molar-refractivity contribution is 6.29. The van der Waals surface area contributed by atoms with Gasteiger partial charge in [0.1, 0.15) is 5.15 Å². The molecule has 0 aliphatic carbocycles. The van der Waals surface area contributed by atoms with Gasteiger partial charge in [-0.3, -0.25) is 0 Å². The molecule has 0 saturated heterocycles. The van der Waals surface area contributed by atoms with Crippen molar-refractivity contribution in [1.29, 1.82) is 0 Å². The summed E-state index contributed by atoms with van der Waals surface area (Å²) in [4.78, 5) is 3.98. The van der Waals surface area contributed by atoms with E-state index in [1.807, 2.05) is 13.0 Å². The molecule has 0 aliphatic rings. The first-order valence-corrected chi connectivity index (χ1v) is 4.02. The highest BCUT2D eigenvalue weighted by Gasteiger charge is 2.05. The molecule has 1 aromatic rings. The number of aryl methyl sites for hydroxylation is 1. The minimum absolute atomic E-state index is 0.0835. The lowest BCUT2D eigenvalue weighted by Crippen LogP contribution is -2.14. The molecular weight excluding hydrogens is 176 g/mol. The van der Waals surface area contributed by atoms with Crippen LogP contribution in [0.5, 0.6) is 0 Å². The molecule has 3 N–H and O–H groups in total. The summed E-state index contributed by atoms with van der Waals surface area (Å²) in [7, 11) is 0. The molecule has 1 aromatic heterocycles. The van der Waals surface area contributed by atoms with Crippen molar-refractivity contribution in [2.45, 2.75) is 13.0 Å². The second-order valence-electron chi connectivity index (χ2n) is 2.65. The fraction of sp³-hybridized carbons (Fsp3) is 0.375. The molecular formula is C8H11ClN2O. The summed E-state index contributed by atoms with van der Waals surface area (Å²) in [5.41, 5.74) is 7.22. The molecule has 0 saturated carbocycles. The number of nitrogens with zero attached hydrogens (tertiary/aromatic N) is 1. The predicted molar refractivity (Wildman–Crippen MR) is 48.0 cm³/mol. The zero-order chi connectivity index (χ0) is 9.14. The molecule has 0 spiro atoms. The number of aliphatic hydroxyl groups excluding tert-OH is 1. The van der Waals surface area contributed by atoms with Crippen LogP contribution in [0.3, 0.4) is 0 Å². The van der Waals surface area contributed by atoms with Crippen molar-refractivity contribution in [2.75, 3.05) is 6.61 Å². The standard InChI is InChI=1S/C8H11ClN2O/c1-5-2-6(7(10)4-12)3-8(9)11-5/h2-3,7,12H,4,10H2,1H3/t7-/m0/s1. The van der Waals surface area contributed by atoms with Gasteiger partial charge in [-0.05, 0) is 24.6 Å². The Morgan fingerprint density at radius 1 is 1.67 bits per heavy atom. The van der Waals surface area contributed by atoms with Crippen LogP contribution in [-0.2, 0) is 0 Å². The SMILES string of the molecule is Cc1cc([C@@H](N)CO)cc(Cl)n1. The topological polar surface area (TPSA) is 59.1 Å². The number of hydrogen-bond acceptors (Lipinski definition) is 3. The number of hydrogen-bond donors (Lipinski definition) is 2. The van der Waals surface area contributed by atoms with Crippen molar-refractivity contribution < 1.29 is 5.11 Å². The Labute approximate surface area is 76.2 Å². The summed E-state index contributed by atoms with van der Waals surface area (Å²) in [6, 6.07) is 3.10. The van der Waals surface area contributed by atoms with E-state index in [2.05, 4.69) is 4.98 Å². The lowest BCUT2D eigenvalue weighted by molar-refractivity contribution is 0.268. The van der Waals surface area contributed by atoms with Gasteiger partial charge in [0.2, 0.25) is 0 Å². The Hall–Kier alpha value is -0.640. The van der Waals surface area contributed by atoms with Crippen LogP contribution in [0.15, 0.2) is 12.1 Å². The lowest BCUT2D eigenvalue weighted by Gasteiger charge is -2.08. The maximum atomic E-state index is 8.78. The summed E-state index contributed by atoms with van der Waals surface area (Å²) in [6.45, 7) is 1.75. The molecule has 0 bridgehead atoms. The van der Waals surface area contributed by atoms with Gasteiger partial charge in [-0.1, -0.05) is 11.6 Å². The first-order chi connectivity index (χ1) is 5.63. The van der Waals surface area contributed by atoms with Crippen LogP contribution in [-0.4, -0.2) is 16.7 Å². The van der Waals surface area contributed by atoms with Gasteiger partial charge in [-0.25, -0.2) is 4.98 Å². The number of halogens is 1. The molecule has 66 valence electrons. The van der Waals surface area contributed by atoms with Gasteiger partial charge in [-0.2, -0.15) is 0 Å².